The van der Waals surface area contributed by atoms with Crippen LogP contribution < -0.4 is 14.8 Å². The van der Waals surface area contributed by atoms with Gasteiger partial charge in [0.2, 0.25) is 5.91 Å². The molecule has 0 radical (unpaired) electrons. The smallest absolute Gasteiger partial charge is 0.331 e. The van der Waals surface area contributed by atoms with Gasteiger partial charge in [-0.05, 0) is 31.5 Å². The van der Waals surface area contributed by atoms with Gasteiger partial charge in [0.25, 0.3) is 0 Å². The van der Waals surface area contributed by atoms with Crippen molar-refractivity contribution >= 4 is 11.9 Å². The van der Waals surface area contributed by atoms with E-state index in [1.165, 1.54) is 14.0 Å². The molecule has 1 saturated carbocycles. The van der Waals surface area contributed by atoms with Crippen LogP contribution in [0, 0.1) is 5.92 Å². The van der Waals surface area contributed by atoms with Gasteiger partial charge >= 0.3 is 5.97 Å². The highest BCUT2D eigenvalue weighted by atomic mass is 16.5. The highest BCUT2D eigenvalue weighted by molar-refractivity contribution is 5.90. The minimum atomic E-state index is -1.45. The van der Waals surface area contributed by atoms with Gasteiger partial charge in [-0.2, -0.15) is 0 Å². The maximum atomic E-state index is 12.4. The van der Waals surface area contributed by atoms with Crippen LogP contribution in [0.3, 0.4) is 0 Å². The predicted molar refractivity (Wildman–Crippen MR) is 86.5 cm³/mol. The first-order chi connectivity index (χ1) is 11.4. The summed E-state index contributed by atoms with van der Waals surface area (Å²) >= 11 is 0. The molecule has 0 aliphatic heterocycles. The lowest BCUT2D eigenvalue weighted by atomic mass is 10.0. The van der Waals surface area contributed by atoms with E-state index < -0.39 is 11.5 Å². The number of methoxy groups -OCH3 is 3. The van der Waals surface area contributed by atoms with Crippen LogP contribution in [0.15, 0.2) is 18.2 Å². The van der Waals surface area contributed by atoms with Crippen molar-refractivity contribution < 1.29 is 28.9 Å². The predicted octanol–water partition coefficient (Wildman–Crippen LogP) is 1.41. The van der Waals surface area contributed by atoms with Gasteiger partial charge < -0.3 is 24.6 Å². The highest BCUT2D eigenvalue weighted by Gasteiger charge is 2.48. The monoisotopic (exact) mass is 337 g/mol. The molecule has 7 nitrogen and oxygen atoms in total. The van der Waals surface area contributed by atoms with Crippen molar-refractivity contribution in [2.75, 3.05) is 27.9 Å². The molecule has 2 N–H and O–H groups in total. The molecule has 3 unspecified atom stereocenters. The zero-order valence-corrected chi connectivity index (χ0v) is 14.3. The number of aliphatic carboxylic acids is 1. The number of carbonyl (C=O) groups is 2. The Bertz CT molecular complexity index is 632. The van der Waals surface area contributed by atoms with Crippen LogP contribution in [0.25, 0.3) is 0 Å². The summed E-state index contributed by atoms with van der Waals surface area (Å²) < 4.78 is 15.5. The van der Waals surface area contributed by atoms with E-state index in [1.807, 2.05) is 6.07 Å². The molecule has 0 spiro atoms. The van der Waals surface area contributed by atoms with E-state index in [0.717, 1.165) is 5.56 Å². The van der Waals surface area contributed by atoms with E-state index in [2.05, 4.69) is 5.32 Å². The molecule has 24 heavy (non-hydrogen) atoms. The second-order valence-electron chi connectivity index (χ2n) is 6.12. The van der Waals surface area contributed by atoms with Crippen LogP contribution in [-0.4, -0.2) is 50.5 Å². The fourth-order valence-corrected chi connectivity index (χ4v) is 2.76. The second kappa shape index (κ2) is 7.09. The summed E-state index contributed by atoms with van der Waals surface area (Å²) in [6.45, 7) is 1.33. The number of hydrogen-bond acceptors (Lipinski definition) is 5. The fraction of sp³-hybridized carbons (Fsp3) is 0.529. The van der Waals surface area contributed by atoms with Crippen molar-refractivity contribution in [3.05, 3.63) is 23.8 Å². The van der Waals surface area contributed by atoms with Crippen molar-refractivity contribution in [1.29, 1.82) is 0 Å². The van der Waals surface area contributed by atoms with Crippen molar-refractivity contribution in [2.24, 2.45) is 5.92 Å². The molecule has 0 heterocycles. The van der Waals surface area contributed by atoms with Gasteiger partial charge in [-0.1, -0.05) is 0 Å². The van der Waals surface area contributed by atoms with Gasteiger partial charge in [-0.15, -0.1) is 0 Å². The van der Waals surface area contributed by atoms with Gasteiger partial charge in [-0.25, -0.2) is 4.79 Å². The molecule has 1 aromatic carbocycles. The van der Waals surface area contributed by atoms with Crippen molar-refractivity contribution in [2.45, 2.75) is 24.8 Å². The number of nitrogens with one attached hydrogen (secondary N) is 1. The summed E-state index contributed by atoms with van der Waals surface area (Å²) in [5.41, 5.74) is -0.557. The van der Waals surface area contributed by atoms with Crippen LogP contribution in [0.2, 0.25) is 0 Å². The molecule has 1 aliphatic rings. The Kier molecular flexibility index (Phi) is 5.33. The summed E-state index contributed by atoms with van der Waals surface area (Å²) in [5, 5.41) is 11.9. The van der Waals surface area contributed by atoms with E-state index in [4.69, 9.17) is 14.2 Å². The Balaban J connectivity index is 2.12. The standard InChI is InChI=1S/C17H23NO6/c1-17(9-22-2,16(20)21)18-15(19)13-8-11(13)12-7-10(23-3)5-6-14(12)24-4/h5-7,11,13H,8-9H2,1-4H3,(H,18,19)(H,20,21). The maximum Gasteiger partial charge on any atom is 0.331 e. The van der Waals surface area contributed by atoms with E-state index in [1.54, 1.807) is 26.4 Å². The number of carboxylic acid groups (broad SMARTS) is 1. The average molecular weight is 337 g/mol. The van der Waals surface area contributed by atoms with Gasteiger partial charge in [-0.3, -0.25) is 4.79 Å². The summed E-state index contributed by atoms with van der Waals surface area (Å²) in [4.78, 5) is 23.8. The van der Waals surface area contributed by atoms with E-state index >= 15 is 0 Å². The lowest BCUT2D eigenvalue weighted by Gasteiger charge is -2.25. The summed E-state index contributed by atoms with van der Waals surface area (Å²) in [6, 6.07) is 5.44. The van der Waals surface area contributed by atoms with E-state index in [-0.39, 0.29) is 24.3 Å². The number of rotatable bonds is 8. The van der Waals surface area contributed by atoms with Crippen LogP contribution in [0.4, 0.5) is 0 Å². The van der Waals surface area contributed by atoms with E-state index in [9.17, 15) is 14.7 Å². The van der Waals surface area contributed by atoms with Gasteiger partial charge in [0.1, 0.15) is 11.5 Å². The molecule has 1 amide bonds. The summed E-state index contributed by atoms with van der Waals surface area (Å²) in [7, 11) is 4.54. The average Bonchev–Trinajstić information content (AvgIpc) is 3.34. The van der Waals surface area contributed by atoms with Crippen LogP contribution in [0.1, 0.15) is 24.8 Å². The SMILES string of the molecule is COCC(C)(NC(=O)C1CC1c1cc(OC)ccc1OC)C(=O)O. The lowest BCUT2D eigenvalue weighted by molar-refractivity contribution is -0.149. The molecular formula is C17H23NO6. The molecule has 0 saturated heterocycles. The molecule has 2 rings (SSSR count). The normalized spacial score (nSPS) is 21.5. The number of ether oxygens (including phenoxy) is 3. The van der Waals surface area contributed by atoms with Crippen LogP contribution >= 0.6 is 0 Å². The largest absolute Gasteiger partial charge is 0.497 e. The van der Waals surface area contributed by atoms with Crippen LogP contribution in [-0.2, 0) is 14.3 Å². The molecule has 1 aromatic rings. The third-order valence-electron chi connectivity index (χ3n) is 4.27. The molecule has 0 bridgehead atoms. The Hall–Kier alpha value is -2.28. The first-order valence-electron chi connectivity index (χ1n) is 7.62. The Morgan fingerprint density at radius 1 is 1.29 bits per heavy atom. The zero-order valence-electron chi connectivity index (χ0n) is 14.3. The minimum absolute atomic E-state index is 0.0179. The lowest BCUT2D eigenvalue weighted by Crippen LogP contribution is -2.55. The van der Waals surface area contributed by atoms with Gasteiger partial charge in [0, 0.05) is 24.5 Å². The number of carboxylic acids is 1. The number of hydrogen-bond donors (Lipinski definition) is 2. The van der Waals surface area contributed by atoms with Crippen molar-refractivity contribution in [3.63, 3.8) is 0 Å². The van der Waals surface area contributed by atoms with Crippen molar-refractivity contribution in [1.82, 2.24) is 5.32 Å². The molecule has 0 aromatic heterocycles. The molecule has 7 heteroatoms. The van der Waals surface area contributed by atoms with Crippen LogP contribution in [0.5, 0.6) is 11.5 Å². The quantitative estimate of drug-likeness (QED) is 0.745. The zero-order chi connectivity index (χ0) is 17.9. The topological polar surface area (TPSA) is 94.1 Å². The van der Waals surface area contributed by atoms with Crippen molar-refractivity contribution in [3.8, 4) is 11.5 Å². The Labute approximate surface area is 140 Å². The number of carbonyl (C=O) groups excluding carboxylic acids is 1. The third-order valence-corrected chi connectivity index (χ3v) is 4.27. The third kappa shape index (κ3) is 3.62. The molecule has 132 valence electrons. The number of benzene rings is 1. The summed E-state index contributed by atoms with van der Waals surface area (Å²) in [5.74, 6) is -0.363. The minimum Gasteiger partial charge on any atom is -0.497 e. The maximum absolute atomic E-state index is 12.4. The molecular weight excluding hydrogens is 314 g/mol. The Morgan fingerprint density at radius 2 is 2.00 bits per heavy atom. The number of amides is 1. The molecule has 1 aliphatic carbocycles. The molecule has 1 fully saturated rings. The molecule has 3 atom stereocenters. The van der Waals surface area contributed by atoms with E-state index in [0.29, 0.717) is 17.9 Å². The highest BCUT2D eigenvalue weighted by Crippen LogP contribution is 2.51. The first kappa shape index (κ1) is 18.1. The fourth-order valence-electron chi connectivity index (χ4n) is 2.76. The first-order valence-corrected chi connectivity index (χ1v) is 7.62. The van der Waals surface area contributed by atoms with Gasteiger partial charge in [0.15, 0.2) is 5.54 Å². The summed E-state index contributed by atoms with van der Waals surface area (Å²) in [6.07, 6.45) is 0.637. The Morgan fingerprint density at radius 3 is 2.54 bits per heavy atom. The van der Waals surface area contributed by atoms with Gasteiger partial charge in [0.05, 0.1) is 20.8 Å². The second-order valence-corrected chi connectivity index (χ2v) is 6.12.